The van der Waals surface area contributed by atoms with Crippen LogP contribution in [0, 0.1) is 0 Å². The molecule has 6 heteroatoms. The summed E-state index contributed by atoms with van der Waals surface area (Å²) in [5.41, 5.74) is 2.26. The molecule has 3 aromatic carbocycles. The van der Waals surface area contributed by atoms with Gasteiger partial charge in [-0.05, 0) is 40.5 Å². The van der Waals surface area contributed by atoms with Gasteiger partial charge in [-0.3, -0.25) is 4.90 Å². The van der Waals surface area contributed by atoms with E-state index in [1.54, 1.807) is 24.3 Å². The van der Waals surface area contributed by atoms with Crippen LogP contribution in [-0.4, -0.2) is 24.5 Å². The fraction of sp³-hybridized carbons (Fsp3) is 0.250. The topological polar surface area (TPSA) is 15.3 Å². The molecule has 0 aromatic heterocycles. The van der Waals surface area contributed by atoms with E-state index in [1.165, 1.54) is 6.07 Å². The molecule has 0 amide bonds. The summed E-state index contributed by atoms with van der Waals surface area (Å²) in [6, 6.07) is 21.1. The van der Waals surface area contributed by atoms with Crippen LogP contribution in [0.2, 0.25) is 5.02 Å². The van der Waals surface area contributed by atoms with E-state index in [-0.39, 0.29) is 11.6 Å². The first-order valence-corrected chi connectivity index (χ1v) is 10.3. The van der Waals surface area contributed by atoms with Crippen LogP contribution in [-0.2, 0) is 12.7 Å². The van der Waals surface area contributed by atoms with Crippen LogP contribution in [0.1, 0.15) is 22.7 Å². The van der Waals surface area contributed by atoms with Crippen LogP contribution in [0.3, 0.4) is 0 Å². The minimum atomic E-state index is -4.40. The molecule has 2 nitrogen and oxygen atoms in total. The van der Waals surface area contributed by atoms with E-state index in [1.807, 2.05) is 36.4 Å². The normalized spacial score (nSPS) is 17.8. The summed E-state index contributed by atoms with van der Waals surface area (Å²) in [6.45, 7) is 2.99. The highest BCUT2D eigenvalue weighted by molar-refractivity contribution is 6.30. The molecule has 30 heavy (non-hydrogen) atoms. The maximum Gasteiger partial charge on any atom is 0.417 e. The number of alkyl halides is 3. The SMILES string of the molecule is FC(F)(F)c1ccccc1-c1ccccc1CN1CCNC[C@@H]1c1ccc(Cl)cc1. The molecule has 156 valence electrons. The Bertz CT molecular complexity index is 1000. The Morgan fingerprint density at radius 3 is 2.30 bits per heavy atom. The fourth-order valence-electron chi connectivity index (χ4n) is 4.05. The Balaban J connectivity index is 1.69. The second kappa shape index (κ2) is 8.80. The van der Waals surface area contributed by atoms with Gasteiger partial charge in [0.2, 0.25) is 0 Å². The molecular formula is C24H22ClF3N2. The monoisotopic (exact) mass is 430 g/mol. The average molecular weight is 431 g/mol. The van der Waals surface area contributed by atoms with Crippen LogP contribution in [0.5, 0.6) is 0 Å². The van der Waals surface area contributed by atoms with Crippen molar-refractivity contribution in [2.24, 2.45) is 0 Å². The van der Waals surface area contributed by atoms with Crippen molar-refractivity contribution in [1.82, 2.24) is 10.2 Å². The van der Waals surface area contributed by atoms with Crippen LogP contribution in [0.4, 0.5) is 13.2 Å². The number of piperazine rings is 1. The summed E-state index contributed by atoms with van der Waals surface area (Å²) in [5, 5.41) is 4.10. The van der Waals surface area contributed by atoms with Crippen molar-refractivity contribution in [1.29, 1.82) is 0 Å². The zero-order chi connectivity index (χ0) is 21.1. The van der Waals surface area contributed by atoms with Gasteiger partial charge in [-0.15, -0.1) is 0 Å². The molecule has 0 spiro atoms. The number of rotatable bonds is 4. The highest BCUT2D eigenvalue weighted by Gasteiger charge is 2.34. The smallest absolute Gasteiger partial charge is 0.314 e. The van der Waals surface area contributed by atoms with Gasteiger partial charge in [0.1, 0.15) is 0 Å². The van der Waals surface area contributed by atoms with Gasteiger partial charge in [0.25, 0.3) is 0 Å². The maximum absolute atomic E-state index is 13.6. The van der Waals surface area contributed by atoms with E-state index < -0.39 is 11.7 Å². The molecular weight excluding hydrogens is 409 g/mol. The third-order valence-corrected chi connectivity index (χ3v) is 5.77. The predicted octanol–water partition coefficient (Wildman–Crippen LogP) is 6.17. The van der Waals surface area contributed by atoms with Crippen molar-refractivity contribution in [3.05, 3.63) is 94.5 Å². The number of hydrogen-bond donors (Lipinski definition) is 1. The molecule has 4 rings (SSSR count). The second-order valence-electron chi connectivity index (χ2n) is 7.44. The number of benzene rings is 3. The molecule has 1 heterocycles. The van der Waals surface area contributed by atoms with Crippen LogP contribution in [0.25, 0.3) is 11.1 Å². The van der Waals surface area contributed by atoms with Gasteiger partial charge in [-0.25, -0.2) is 0 Å². The molecule has 1 N–H and O–H groups in total. The third kappa shape index (κ3) is 4.53. The first kappa shape index (κ1) is 20.9. The number of halogens is 4. The number of nitrogens with one attached hydrogen (secondary N) is 1. The van der Waals surface area contributed by atoms with Crippen LogP contribution < -0.4 is 5.32 Å². The third-order valence-electron chi connectivity index (χ3n) is 5.52. The molecule has 1 aliphatic heterocycles. The molecule has 0 unspecified atom stereocenters. The highest BCUT2D eigenvalue weighted by atomic mass is 35.5. The Labute approximate surface area is 179 Å². The van der Waals surface area contributed by atoms with E-state index in [9.17, 15) is 13.2 Å². The summed E-state index contributed by atoms with van der Waals surface area (Å²) >= 11 is 6.04. The zero-order valence-corrected chi connectivity index (χ0v) is 17.0. The molecule has 0 radical (unpaired) electrons. The lowest BCUT2D eigenvalue weighted by molar-refractivity contribution is -0.137. The minimum Gasteiger partial charge on any atom is -0.314 e. The van der Waals surface area contributed by atoms with Crippen LogP contribution in [0.15, 0.2) is 72.8 Å². The highest BCUT2D eigenvalue weighted by Crippen LogP contribution is 2.38. The lowest BCUT2D eigenvalue weighted by atomic mass is 9.94. The number of nitrogens with zero attached hydrogens (tertiary/aromatic N) is 1. The van der Waals surface area contributed by atoms with Crippen LogP contribution >= 0.6 is 11.6 Å². The average Bonchev–Trinajstić information content (AvgIpc) is 2.75. The first-order valence-electron chi connectivity index (χ1n) is 9.88. The molecule has 1 aliphatic rings. The van der Waals surface area contributed by atoms with Gasteiger partial charge in [0.15, 0.2) is 0 Å². The lowest BCUT2D eigenvalue weighted by Gasteiger charge is -2.37. The molecule has 1 fully saturated rings. The summed E-state index contributed by atoms with van der Waals surface area (Å²) in [4.78, 5) is 2.31. The van der Waals surface area contributed by atoms with Gasteiger partial charge < -0.3 is 5.32 Å². The number of hydrogen-bond acceptors (Lipinski definition) is 2. The molecule has 0 saturated carbocycles. The van der Waals surface area contributed by atoms with Crippen molar-refractivity contribution in [2.75, 3.05) is 19.6 Å². The quantitative estimate of drug-likeness (QED) is 0.532. The molecule has 0 bridgehead atoms. The van der Waals surface area contributed by atoms with Crippen molar-refractivity contribution in [3.63, 3.8) is 0 Å². The Morgan fingerprint density at radius 1 is 0.900 bits per heavy atom. The Kier molecular flexibility index (Phi) is 6.14. The van der Waals surface area contributed by atoms with Crippen molar-refractivity contribution in [2.45, 2.75) is 18.8 Å². The van der Waals surface area contributed by atoms with E-state index in [4.69, 9.17) is 11.6 Å². The summed E-state index contributed by atoms with van der Waals surface area (Å²) in [5.74, 6) is 0. The van der Waals surface area contributed by atoms with Crippen molar-refractivity contribution in [3.8, 4) is 11.1 Å². The van der Waals surface area contributed by atoms with Gasteiger partial charge in [0, 0.05) is 37.2 Å². The van der Waals surface area contributed by atoms with E-state index >= 15 is 0 Å². The fourth-order valence-corrected chi connectivity index (χ4v) is 4.18. The Morgan fingerprint density at radius 2 is 1.57 bits per heavy atom. The van der Waals surface area contributed by atoms with Gasteiger partial charge in [-0.1, -0.05) is 66.2 Å². The molecule has 3 aromatic rings. The minimum absolute atomic E-state index is 0.127. The maximum atomic E-state index is 13.6. The molecule has 1 saturated heterocycles. The Hall–Kier alpha value is -2.34. The van der Waals surface area contributed by atoms with E-state index in [2.05, 4.69) is 10.2 Å². The summed E-state index contributed by atoms with van der Waals surface area (Å²) in [7, 11) is 0. The van der Waals surface area contributed by atoms with E-state index in [0.29, 0.717) is 17.1 Å². The van der Waals surface area contributed by atoms with E-state index in [0.717, 1.165) is 36.8 Å². The lowest BCUT2D eigenvalue weighted by Crippen LogP contribution is -2.45. The summed E-state index contributed by atoms with van der Waals surface area (Å²) in [6.07, 6.45) is -4.40. The largest absolute Gasteiger partial charge is 0.417 e. The van der Waals surface area contributed by atoms with Gasteiger partial charge in [-0.2, -0.15) is 13.2 Å². The summed E-state index contributed by atoms with van der Waals surface area (Å²) < 4.78 is 40.8. The van der Waals surface area contributed by atoms with Gasteiger partial charge >= 0.3 is 6.18 Å². The van der Waals surface area contributed by atoms with Crippen molar-refractivity contribution >= 4 is 11.6 Å². The molecule has 0 aliphatic carbocycles. The van der Waals surface area contributed by atoms with Gasteiger partial charge in [0.05, 0.1) is 5.56 Å². The predicted molar refractivity (Wildman–Crippen MR) is 114 cm³/mol. The first-order chi connectivity index (χ1) is 14.4. The van der Waals surface area contributed by atoms with Crippen molar-refractivity contribution < 1.29 is 13.2 Å². The standard InChI is InChI=1S/C24H22ClF3N2/c25-19-11-9-17(10-12-19)23-15-29-13-14-30(23)16-18-5-1-2-6-20(18)21-7-3-4-8-22(21)24(26,27)28/h1-12,23,29H,13-16H2/t23-/m1/s1. The molecule has 1 atom stereocenters. The zero-order valence-electron chi connectivity index (χ0n) is 16.3. The second-order valence-corrected chi connectivity index (χ2v) is 7.88.